The zero-order chi connectivity index (χ0) is 12.4. The van der Waals surface area contributed by atoms with Gasteiger partial charge in [0.2, 0.25) is 5.91 Å². The summed E-state index contributed by atoms with van der Waals surface area (Å²) in [6, 6.07) is 0. The number of carbonyl (C=O) groups excluding carboxylic acids is 1. The number of methoxy groups -OCH3 is 1. The average Bonchev–Trinajstić information content (AvgIpc) is 2.32. The van der Waals surface area contributed by atoms with Gasteiger partial charge in [0.15, 0.2) is 0 Å². The predicted molar refractivity (Wildman–Crippen MR) is 63.3 cm³/mol. The fraction of sp³-hybridized carbons (Fsp3) is 0.909. The minimum atomic E-state index is -0.335. The molecule has 0 saturated carbocycles. The van der Waals surface area contributed by atoms with Crippen LogP contribution in [0.25, 0.3) is 0 Å². The van der Waals surface area contributed by atoms with Gasteiger partial charge in [-0.15, -0.1) is 0 Å². The molecule has 96 valence electrons. The molecule has 5 heteroatoms. The number of carbonyl (C=O) groups is 1. The molecule has 5 nitrogen and oxygen atoms in total. The Bertz CT molecular complexity index is 185. The zero-order valence-electron chi connectivity index (χ0n) is 10.5. The summed E-state index contributed by atoms with van der Waals surface area (Å²) in [5.74, 6) is -0.0724. The molecule has 0 aliphatic heterocycles. The summed E-state index contributed by atoms with van der Waals surface area (Å²) in [5, 5.41) is 15.1. The Kier molecular flexibility index (Phi) is 8.15. The number of nitrogens with one attached hydrogen (secondary N) is 2. The van der Waals surface area contributed by atoms with Crippen LogP contribution in [0.5, 0.6) is 0 Å². The van der Waals surface area contributed by atoms with Gasteiger partial charge in [-0.1, -0.05) is 13.8 Å². The van der Waals surface area contributed by atoms with Crippen molar-refractivity contribution in [3.8, 4) is 0 Å². The summed E-state index contributed by atoms with van der Waals surface area (Å²) in [6.07, 6.45) is 1.59. The largest absolute Gasteiger partial charge is 0.394 e. The van der Waals surface area contributed by atoms with Gasteiger partial charge in [0.25, 0.3) is 0 Å². The number of hydrogen-bond acceptors (Lipinski definition) is 4. The quantitative estimate of drug-likeness (QED) is 0.485. The van der Waals surface area contributed by atoms with Crippen LogP contribution in [-0.2, 0) is 9.53 Å². The van der Waals surface area contributed by atoms with Crippen molar-refractivity contribution in [2.24, 2.45) is 0 Å². The molecule has 0 fully saturated rings. The second-order valence-electron chi connectivity index (χ2n) is 3.84. The van der Waals surface area contributed by atoms with Crippen LogP contribution in [0.2, 0.25) is 0 Å². The van der Waals surface area contributed by atoms with Crippen LogP contribution in [-0.4, -0.2) is 50.0 Å². The summed E-state index contributed by atoms with van der Waals surface area (Å²) < 4.78 is 4.83. The number of aliphatic hydroxyl groups excluding tert-OH is 1. The Morgan fingerprint density at radius 3 is 2.44 bits per heavy atom. The first kappa shape index (κ1) is 15.3. The predicted octanol–water partition coefficient (Wildman–Crippen LogP) is -0.110. The van der Waals surface area contributed by atoms with Crippen LogP contribution in [0.3, 0.4) is 0 Å². The molecule has 0 saturated heterocycles. The second-order valence-corrected chi connectivity index (χ2v) is 3.84. The standard InChI is InChI=1S/C11H24N2O3/c1-4-11(5-2,9-14)13-8-10(15)12-6-7-16-3/h13-14H,4-9H2,1-3H3,(H,12,15). The maximum absolute atomic E-state index is 11.4. The van der Waals surface area contributed by atoms with Gasteiger partial charge in [-0.05, 0) is 12.8 Å². The highest BCUT2D eigenvalue weighted by atomic mass is 16.5. The van der Waals surface area contributed by atoms with Gasteiger partial charge in [0, 0.05) is 19.2 Å². The maximum atomic E-state index is 11.4. The minimum Gasteiger partial charge on any atom is -0.394 e. The van der Waals surface area contributed by atoms with E-state index < -0.39 is 0 Å². The molecule has 0 aliphatic rings. The van der Waals surface area contributed by atoms with Gasteiger partial charge < -0.3 is 20.5 Å². The molecule has 0 rings (SSSR count). The third-order valence-corrected chi connectivity index (χ3v) is 2.91. The van der Waals surface area contributed by atoms with Crippen molar-refractivity contribution in [2.75, 3.05) is 33.4 Å². The van der Waals surface area contributed by atoms with Gasteiger partial charge >= 0.3 is 0 Å². The minimum absolute atomic E-state index is 0.0470. The van der Waals surface area contributed by atoms with Crippen LogP contribution in [0.1, 0.15) is 26.7 Å². The molecule has 0 unspecified atom stereocenters. The highest BCUT2D eigenvalue weighted by Crippen LogP contribution is 2.13. The van der Waals surface area contributed by atoms with Gasteiger partial charge in [-0.3, -0.25) is 4.79 Å². The lowest BCUT2D eigenvalue weighted by atomic mass is 9.94. The van der Waals surface area contributed by atoms with E-state index in [0.717, 1.165) is 12.8 Å². The molecule has 0 aliphatic carbocycles. The van der Waals surface area contributed by atoms with Crippen molar-refractivity contribution in [3.63, 3.8) is 0 Å². The Morgan fingerprint density at radius 2 is 2.00 bits per heavy atom. The Morgan fingerprint density at radius 1 is 1.38 bits per heavy atom. The molecule has 0 aromatic rings. The summed E-state index contributed by atoms with van der Waals surface area (Å²) in [4.78, 5) is 11.4. The highest BCUT2D eigenvalue weighted by Gasteiger charge is 2.24. The first-order chi connectivity index (χ1) is 7.64. The number of ether oxygens (including phenoxy) is 1. The first-order valence-electron chi connectivity index (χ1n) is 5.75. The normalized spacial score (nSPS) is 11.5. The van der Waals surface area contributed by atoms with E-state index in [1.165, 1.54) is 0 Å². The molecule has 16 heavy (non-hydrogen) atoms. The van der Waals surface area contributed by atoms with E-state index in [1.807, 2.05) is 13.8 Å². The van der Waals surface area contributed by atoms with E-state index >= 15 is 0 Å². The van der Waals surface area contributed by atoms with E-state index in [4.69, 9.17) is 4.74 Å². The fourth-order valence-electron chi connectivity index (χ4n) is 1.40. The summed E-state index contributed by atoms with van der Waals surface area (Å²) in [6.45, 7) is 5.29. The first-order valence-corrected chi connectivity index (χ1v) is 5.75. The molecule has 1 amide bonds. The monoisotopic (exact) mass is 232 g/mol. The van der Waals surface area contributed by atoms with Crippen LogP contribution >= 0.6 is 0 Å². The Labute approximate surface area is 97.6 Å². The van der Waals surface area contributed by atoms with Gasteiger partial charge in [-0.2, -0.15) is 0 Å². The number of amides is 1. The molecule has 0 aromatic carbocycles. The van der Waals surface area contributed by atoms with Crippen LogP contribution in [0, 0.1) is 0 Å². The van der Waals surface area contributed by atoms with Crippen molar-refractivity contribution in [3.05, 3.63) is 0 Å². The summed E-state index contributed by atoms with van der Waals surface area (Å²) in [5.41, 5.74) is -0.335. The molecule has 3 N–H and O–H groups in total. The molecular weight excluding hydrogens is 208 g/mol. The molecule has 0 atom stereocenters. The Balaban J connectivity index is 3.87. The number of rotatable bonds is 9. The SMILES string of the molecule is CCC(CC)(CO)NCC(=O)NCCOC. The molecule has 0 aromatic heterocycles. The fourth-order valence-corrected chi connectivity index (χ4v) is 1.40. The van der Waals surface area contributed by atoms with Crippen molar-refractivity contribution < 1.29 is 14.6 Å². The van der Waals surface area contributed by atoms with Crippen LogP contribution in [0.4, 0.5) is 0 Å². The van der Waals surface area contributed by atoms with Crippen molar-refractivity contribution in [1.82, 2.24) is 10.6 Å². The molecule has 0 spiro atoms. The van der Waals surface area contributed by atoms with Crippen LogP contribution in [0.15, 0.2) is 0 Å². The lowest BCUT2D eigenvalue weighted by Gasteiger charge is -2.30. The lowest BCUT2D eigenvalue weighted by molar-refractivity contribution is -0.120. The van der Waals surface area contributed by atoms with E-state index in [1.54, 1.807) is 7.11 Å². The van der Waals surface area contributed by atoms with E-state index in [0.29, 0.717) is 13.2 Å². The summed E-state index contributed by atoms with van der Waals surface area (Å²) in [7, 11) is 1.59. The molecule has 0 bridgehead atoms. The highest BCUT2D eigenvalue weighted by molar-refractivity contribution is 5.78. The third kappa shape index (κ3) is 5.44. The second kappa shape index (κ2) is 8.50. The number of aliphatic hydroxyl groups is 1. The zero-order valence-corrected chi connectivity index (χ0v) is 10.5. The van der Waals surface area contributed by atoms with Gasteiger partial charge in [0.1, 0.15) is 0 Å². The Hall–Kier alpha value is -0.650. The lowest BCUT2D eigenvalue weighted by Crippen LogP contribution is -2.51. The maximum Gasteiger partial charge on any atom is 0.234 e. The smallest absolute Gasteiger partial charge is 0.234 e. The van der Waals surface area contributed by atoms with Crippen molar-refractivity contribution in [1.29, 1.82) is 0 Å². The molecule has 0 heterocycles. The number of hydrogen-bond donors (Lipinski definition) is 3. The van der Waals surface area contributed by atoms with Gasteiger partial charge in [-0.25, -0.2) is 0 Å². The van der Waals surface area contributed by atoms with E-state index in [9.17, 15) is 9.90 Å². The van der Waals surface area contributed by atoms with Gasteiger partial charge in [0.05, 0.1) is 19.8 Å². The topological polar surface area (TPSA) is 70.6 Å². The van der Waals surface area contributed by atoms with E-state index in [2.05, 4.69) is 10.6 Å². The third-order valence-electron chi connectivity index (χ3n) is 2.91. The van der Waals surface area contributed by atoms with Crippen LogP contribution < -0.4 is 10.6 Å². The summed E-state index contributed by atoms with van der Waals surface area (Å²) >= 11 is 0. The van der Waals surface area contributed by atoms with E-state index in [-0.39, 0.29) is 24.6 Å². The average molecular weight is 232 g/mol. The molecular formula is C11H24N2O3. The van der Waals surface area contributed by atoms with Crippen molar-refractivity contribution in [2.45, 2.75) is 32.2 Å². The molecule has 0 radical (unpaired) electrons. The van der Waals surface area contributed by atoms with Crippen molar-refractivity contribution >= 4 is 5.91 Å².